The first-order valence-corrected chi connectivity index (χ1v) is 7.70. The lowest BCUT2D eigenvalue weighted by atomic mass is 10.1. The van der Waals surface area contributed by atoms with Crippen LogP contribution in [-0.4, -0.2) is 22.8 Å². The van der Waals surface area contributed by atoms with E-state index in [1.165, 1.54) is 0 Å². The highest BCUT2D eigenvalue weighted by atomic mass is 35.5. The minimum atomic E-state index is 0.103. The quantitative estimate of drug-likeness (QED) is 0.745. The summed E-state index contributed by atoms with van der Waals surface area (Å²) in [5, 5.41) is 4.19. The minimum absolute atomic E-state index is 0.103. The lowest BCUT2D eigenvalue weighted by molar-refractivity contribution is 0.142. The fourth-order valence-corrected chi connectivity index (χ4v) is 2.51. The molecule has 1 N–H and O–H groups in total. The van der Waals surface area contributed by atoms with E-state index in [0.29, 0.717) is 0 Å². The fourth-order valence-electron chi connectivity index (χ4n) is 2.21. The molecule has 0 aliphatic rings. The third-order valence-corrected chi connectivity index (χ3v) is 3.67. The van der Waals surface area contributed by atoms with Crippen LogP contribution in [0.15, 0.2) is 36.7 Å². The van der Waals surface area contributed by atoms with E-state index in [1.54, 1.807) is 0 Å². The van der Waals surface area contributed by atoms with E-state index in [1.807, 2.05) is 43.6 Å². The van der Waals surface area contributed by atoms with Gasteiger partial charge in [0.15, 0.2) is 0 Å². The average molecular weight is 308 g/mol. The molecule has 1 atom stereocenters. The molecular formula is C16H22ClN3O. The highest BCUT2D eigenvalue weighted by Crippen LogP contribution is 2.25. The molecule has 5 heteroatoms. The zero-order valence-electron chi connectivity index (χ0n) is 12.6. The molecule has 0 spiro atoms. The number of nitrogens with zero attached hydrogens (tertiary/aromatic N) is 2. The van der Waals surface area contributed by atoms with Gasteiger partial charge in [-0.2, -0.15) is 0 Å². The molecule has 4 nitrogen and oxygen atoms in total. The molecule has 21 heavy (non-hydrogen) atoms. The lowest BCUT2D eigenvalue weighted by Gasteiger charge is -2.17. The van der Waals surface area contributed by atoms with Gasteiger partial charge in [0.25, 0.3) is 0 Å². The summed E-state index contributed by atoms with van der Waals surface area (Å²) in [6.07, 6.45) is 4.76. The van der Waals surface area contributed by atoms with Gasteiger partial charge in [0.1, 0.15) is 0 Å². The second-order valence-electron chi connectivity index (χ2n) is 4.88. The zero-order valence-corrected chi connectivity index (χ0v) is 13.3. The Hall–Kier alpha value is -1.52. The van der Waals surface area contributed by atoms with E-state index in [2.05, 4.69) is 21.8 Å². The number of aryl methyl sites for hydroxylation is 1. The van der Waals surface area contributed by atoms with Crippen LogP contribution < -0.4 is 5.32 Å². The molecule has 0 aliphatic carbocycles. The van der Waals surface area contributed by atoms with Gasteiger partial charge in [-0.05, 0) is 31.9 Å². The van der Waals surface area contributed by atoms with Crippen LogP contribution in [0.5, 0.6) is 0 Å². The number of imidazole rings is 1. The fraction of sp³-hybridized carbons (Fsp3) is 0.438. The number of hydrogen-bond donors (Lipinski definition) is 1. The summed E-state index contributed by atoms with van der Waals surface area (Å²) in [5.74, 6) is 0.860. The van der Waals surface area contributed by atoms with Crippen molar-refractivity contribution in [2.75, 3.05) is 18.5 Å². The minimum Gasteiger partial charge on any atom is -0.382 e. The van der Waals surface area contributed by atoms with Crippen LogP contribution in [0.3, 0.4) is 0 Å². The molecule has 0 radical (unpaired) electrons. The maximum absolute atomic E-state index is 6.23. The normalized spacial score (nSPS) is 12.3. The summed E-state index contributed by atoms with van der Waals surface area (Å²) in [5.41, 5.74) is 1.07. The van der Waals surface area contributed by atoms with Crippen LogP contribution in [-0.2, 0) is 11.3 Å². The molecule has 1 aromatic heterocycles. The lowest BCUT2D eigenvalue weighted by Crippen LogP contribution is -2.13. The topological polar surface area (TPSA) is 39.1 Å². The monoisotopic (exact) mass is 307 g/mol. The third-order valence-electron chi connectivity index (χ3n) is 3.32. The Morgan fingerprint density at radius 3 is 2.95 bits per heavy atom. The van der Waals surface area contributed by atoms with Crippen LogP contribution in [0.25, 0.3) is 0 Å². The van der Waals surface area contributed by atoms with Gasteiger partial charge in [-0.1, -0.05) is 29.8 Å². The molecule has 1 aromatic carbocycles. The summed E-state index contributed by atoms with van der Waals surface area (Å²) in [7, 11) is 0. The first-order valence-electron chi connectivity index (χ1n) is 7.32. The molecule has 114 valence electrons. The van der Waals surface area contributed by atoms with Crippen LogP contribution >= 0.6 is 11.6 Å². The van der Waals surface area contributed by atoms with Crippen molar-refractivity contribution in [2.24, 2.45) is 0 Å². The summed E-state index contributed by atoms with van der Waals surface area (Å²) in [6.45, 7) is 6.51. The molecular weight excluding hydrogens is 286 g/mol. The highest BCUT2D eigenvalue weighted by molar-refractivity contribution is 6.31. The van der Waals surface area contributed by atoms with E-state index >= 15 is 0 Å². The molecule has 0 bridgehead atoms. The second-order valence-corrected chi connectivity index (χ2v) is 5.29. The Morgan fingerprint density at radius 1 is 1.38 bits per heavy atom. The molecule has 0 saturated heterocycles. The predicted molar refractivity (Wildman–Crippen MR) is 86.8 cm³/mol. The van der Waals surface area contributed by atoms with Crippen LogP contribution in [0.2, 0.25) is 5.02 Å². The van der Waals surface area contributed by atoms with Crippen molar-refractivity contribution in [3.63, 3.8) is 0 Å². The van der Waals surface area contributed by atoms with Gasteiger partial charge >= 0.3 is 0 Å². The van der Waals surface area contributed by atoms with E-state index in [9.17, 15) is 0 Å². The molecule has 2 aromatic rings. The first-order chi connectivity index (χ1) is 10.2. The van der Waals surface area contributed by atoms with Gasteiger partial charge in [0.05, 0.1) is 6.04 Å². The average Bonchev–Trinajstić information content (AvgIpc) is 2.91. The predicted octanol–water partition coefficient (Wildman–Crippen LogP) is 4.14. The smallest absolute Gasteiger partial charge is 0.203 e. The van der Waals surface area contributed by atoms with E-state index in [0.717, 1.165) is 42.7 Å². The van der Waals surface area contributed by atoms with Gasteiger partial charge in [0.2, 0.25) is 5.95 Å². The van der Waals surface area contributed by atoms with Crippen molar-refractivity contribution in [2.45, 2.75) is 32.9 Å². The Morgan fingerprint density at radius 2 is 2.19 bits per heavy atom. The van der Waals surface area contributed by atoms with Crippen LogP contribution in [0.1, 0.15) is 31.9 Å². The van der Waals surface area contributed by atoms with Crippen molar-refractivity contribution in [1.82, 2.24) is 9.55 Å². The highest BCUT2D eigenvalue weighted by Gasteiger charge is 2.11. The Bertz CT molecular complexity index is 556. The Balaban J connectivity index is 1.97. The number of halogens is 1. The largest absolute Gasteiger partial charge is 0.382 e. The van der Waals surface area contributed by atoms with Crippen molar-refractivity contribution in [3.05, 3.63) is 47.2 Å². The number of benzene rings is 1. The SMILES string of the molecule is CCOCCCn1ccnc1NC(C)c1ccccc1Cl. The maximum Gasteiger partial charge on any atom is 0.203 e. The molecule has 1 unspecified atom stereocenters. The van der Waals surface area contributed by atoms with Gasteiger partial charge in [-0.25, -0.2) is 4.98 Å². The molecule has 2 rings (SSSR count). The summed E-state index contributed by atoms with van der Waals surface area (Å²) in [6, 6.07) is 7.97. The molecule has 1 heterocycles. The van der Waals surface area contributed by atoms with E-state index in [4.69, 9.17) is 16.3 Å². The number of hydrogen-bond acceptors (Lipinski definition) is 3. The van der Waals surface area contributed by atoms with E-state index < -0.39 is 0 Å². The van der Waals surface area contributed by atoms with Gasteiger partial charge in [0, 0.05) is 37.2 Å². The van der Waals surface area contributed by atoms with Gasteiger partial charge in [-0.3, -0.25) is 0 Å². The zero-order chi connectivity index (χ0) is 15.1. The van der Waals surface area contributed by atoms with Crippen LogP contribution in [0, 0.1) is 0 Å². The van der Waals surface area contributed by atoms with Gasteiger partial charge in [-0.15, -0.1) is 0 Å². The first kappa shape index (κ1) is 15.9. The summed E-state index contributed by atoms with van der Waals surface area (Å²) < 4.78 is 7.47. The van der Waals surface area contributed by atoms with E-state index in [-0.39, 0.29) is 6.04 Å². The van der Waals surface area contributed by atoms with Crippen molar-refractivity contribution in [1.29, 1.82) is 0 Å². The summed E-state index contributed by atoms with van der Waals surface area (Å²) in [4.78, 5) is 4.38. The number of rotatable bonds is 8. The molecule has 0 fully saturated rings. The van der Waals surface area contributed by atoms with Crippen molar-refractivity contribution < 1.29 is 4.74 Å². The van der Waals surface area contributed by atoms with Crippen molar-refractivity contribution in [3.8, 4) is 0 Å². The molecule has 0 aliphatic heterocycles. The third kappa shape index (κ3) is 4.48. The Kier molecular flexibility index (Phi) is 6.08. The number of aromatic nitrogens is 2. The summed E-state index contributed by atoms with van der Waals surface area (Å²) >= 11 is 6.23. The second kappa shape index (κ2) is 8.05. The molecule has 0 saturated carbocycles. The van der Waals surface area contributed by atoms with Gasteiger partial charge < -0.3 is 14.6 Å². The molecule has 0 amide bonds. The Labute approximate surface area is 131 Å². The number of ether oxygens (including phenoxy) is 1. The maximum atomic E-state index is 6.23. The van der Waals surface area contributed by atoms with Crippen molar-refractivity contribution >= 4 is 17.5 Å². The number of nitrogens with one attached hydrogen (secondary N) is 1. The number of anilines is 1. The standard InChI is InChI=1S/C16H22ClN3O/c1-3-21-12-6-10-20-11-9-18-16(20)19-13(2)14-7-4-5-8-15(14)17/h4-5,7-9,11,13H,3,6,10,12H2,1-2H3,(H,18,19). The van der Waals surface area contributed by atoms with Crippen LogP contribution in [0.4, 0.5) is 5.95 Å².